The van der Waals surface area contributed by atoms with Crippen molar-refractivity contribution in [3.63, 3.8) is 0 Å². The van der Waals surface area contributed by atoms with Crippen molar-refractivity contribution in [1.29, 1.82) is 5.26 Å². The maximum absolute atomic E-state index is 14.6. The molecule has 7 rings (SSSR count). The summed E-state index contributed by atoms with van der Waals surface area (Å²) in [5.41, 5.74) is 5.37. The van der Waals surface area contributed by atoms with Crippen molar-refractivity contribution in [2.45, 2.75) is 18.8 Å². The van der Waals surface area contributed by atoms with E-state index in [0.29, 0.717) is 47.4 Å². The molecule has 0 aliphatic carbocycles. The number of aromatic nitrogens is 4. The Balaban J connectivity index is 0.000000194. The molecule has 0 spiro atoms. The molecule has 0 fully saturated rings. The van der Waals surface area contributed by atoms with E-state index in [4.69, 9.17) is 48.4 Å². The van der Waals surface area contributed by atoms with Crippen molar-refractivity contribution in [2.24, 2.45) is 5.73 Å². The average Bonchev–Trinajstić information content (AvgIpc) is 3.80. The van der Waals surface area contributed by atoms with Crippen LogP contribution < -0.4 is 15.2 Å². The first-order chi connectivity index (χ1) is 26.9. The zero-order valence-electron chi connectivity index (χ0n) is 28.3. The number of ether oxygens (including phenoxy) is 3. The molecule has 0 aliphatic heterocycles. The molecule has 4 heterocycles. The topological polar surface area (TPSA) is 166 Å². The van der Waals surface area contributed by atoms with E-state index in [-0.39, 0.29) is 12.4 Å². The number of aliphatic hydroxyl groups is 1. The number of primary amides is 1. The summed E-state index contributed by atoms with van der Waals surface area (Å²) in [6.07, 6.45) is 1.10. The second-order valence-electron chi connectivity index (χ2n) is 11.4. The number of amides is 1. The lowest BCUT2D eigenvalue weighted by Gasteiger charge is -2.18. The molecule has 19 heteroatoms. The molecule has 3 N–H and O–H groups in total. The quantitative estimate of drug-likeness (QED) is 0.114. The van der Waals surface area contributed by atoms with E-state index in [9.17, 15) is 27.5 Å². The van der Waals surface area contributed by atoms with Gasteiger partial charge in [0.05, 0.1) is 29.9 Å². The van der Waals surface area contributed by atoms with Gasteiger partial charge in [0.1, 0.15) is 59.5 Å². The van der Waals surface area contributed by atoms with Gasteiger partial charge in [-0.1, -0.05) is 76.2 Å². The predicted octanol–water partition coefficient (Wildman–Crippen LogP) is 8.67. The molecule has 0 bridgehead atoms. The molecule has 0 aliphatic rings. The van der Waals surface area contributed by atoms with E-state index in [1.165, 1.54) is 29.8 Å². The average molecular weight is 844 g/mol. The number of nitrogens with zero attached hydrogens (tertiary/aromatic N) is 5. The van der Waals surface area contributed by atoms with Crippen LogP contribution in [-0.4, -0.2) is 44.2 Å². The minimum Gasteiger partial charge on any atom is -0.478 e. The van der Waals surface area contributed by atoms with Gasteiger partial charge in [0.15, 0.2) is 35.3 Å². The second kappa shape index (κ2) is 18.0. The van der Waals surface area contributed by atoms with Crippen LogP contribution in [0.4, 0.5) is 17.6 Å². The number of benzene rings is 3. The zero-order valence-corrected chi connectivity index (χ0v) is 31.4. The van der Waals surface area contributed by atoms with Crippen LogP contribution >= 0.6 is 45.9 Å². The van der Waals surface area contributed by atoms with Gasteiger partial charge in [-0.15, -0.1) is 0 Å². The van der Waals surface area contributed by atoms with Crippen molar-refractivity contribution in [3.8, 4) is 17.6 Å². The van der Waals surface area contributed by atoms with Crippen LogP contribution in [-0.2, 0) is 11.3 Å². The lowest BCUT2D eigenvalue weighted by Crippen LogP contribution is -2.18. The summed E-state index contributed by atoms with van der Waals surface area (Å²) in [7, 11) is 0. The van der Waals surface area contributed by atoms with Crippen LogP contribution in [0.25, 0.3) is 20.7 Å². The highest BCUT2D eigenvalue weighted by Crippen LogP contribution is 2.34. The van der Waals surface area contributed by atoms with Crippen LogP contribution in [0.15, 0.2) is 79.1 Å². The monoisotopic (exact) mass is 842 g/mol. The number of hydrogen-bond donors (Lipinski definition) is 2. The van der Waals surface area contributed by atoms with Gasteiger partial charge in [0.25, 0.3) is 5.91 Å². The maximum Gasteiger partial charge on any atom is 0.254 e. The third-order valence-corrected chi connectivity index (χ3v) is 10.1. The number of nitriles is 1. The Hall–Kier alpha value is -5.48. The summed E-state index contributed by atoms with van der Waals surface area (Å²) in [5, 5.41) is 20.2. The van der Waals surface area contributed by atoms with Gasteiger partial charge in [-0.25, -0.2) is 37.5 Å². The van der Waals surface area contributed by atoms with Gasteiger partial charge in [0.2, 0.25) is 0 Å². The van der Waals surface area contributed by atoms with E-state index < -0.39 is 64.9 Å². The fraction of sp³-hybridized carbons (Fsp3) is 0.135. The fourth-order valence-corrected chi connectivity index (χ4v) is 7.09. The molecule has 4 aromatic heterocycles. The zero-order chi connectivity index (χ0) is 39.9. The van der Waals surface area contributed by atoms with Crippen LogP contribution in [0.5, 0.6) is 11.5 Å². The summed E-state index contributed by atoms with van der Waals surface area (Å²) < 4.78 is 73.0. The third-order valence-electron chi connectivity index (χ3n) is 7.57. The summed E-state index contributed by atoms with van der Waals surface area (Å²) in [4.78, 5) is 29.4. The Morgan fingerprint density at radius 3 is 1.95 bits per heavy atom. The van der Waals surface area contributed by atoms with Crippen LogP contribution in [0, 0.1) is 34.6 Å². The number of fused-ring (bicyclic) bond motifs is 2. The summed E-state index contributed by atoms with van der Waals surface area (Å²) in [5.74, 6) is -6.33. The first kappa shape index (κ1) is 40.2. The van der Waals surface area contributed by atoms with Crippen molar-refractivity contribution in [1.82, 2.24) is 19.9 Å². The van der Waals surface area contributed by atoms with Gasteiger partial charge in [0, 0.05) is 12.4 Å². The van der Waals surface area contributed by atoms with Crippen LogP contribution in [0.1, 0.15) is 43.7 Å². The Bertz CT molecular complexity index is 2580. The molecular formula is C37H24Cl2F4N6O5S2. The van der Waals surface area contributed by atoms with Crippen LogP contribution in [0.2, 0.25) is 10.0 Å². The van der Waals surface area contributed by atoms with Gasteiger partial charge >= 0.3 is 0 Å². The van der Waals surface area contributed by atoms with E-state index in [1.807, 2.05) is 30.3 Å². The molecule has 11 nitrogen and oxygen atoms in total. The normalized spacial score (nSPS) is 12.1. The van der Waals surface area contributed by atoms with Gasteiger partial charge in [-0.05, 0) is 42.0 Å². The van der Waals surface area contributed by atoms with E-state index in [2.05, 4.69) is 19.9 Å². The molecule has 286 valence electrons. The van der Waals surface area contributed by atoms with Crippen molar-refractivity contribution in [3.05, 3.63) is 139 Å². The van der Waals surface area contributed by atoms with E-state index >= 15 is 0 Å². The molecule has 0 unspecified atom stereocenters. The summed E-state index contributed by atoms with van der Waals surface area (Å²) >= 11 is 14.2. The highest BCUT2D eigenvalue weighted by Gasteiger charge is 2.25. The SMILES string of the molecule is N#Cc1c(F)ccc(O[C@H](COCc2ccccc2)c2nc3cc(Cl)cnc3s2)c1F.NC(=O)c1c(F)ccc(O[C@H](CO)c2nc3cc(Cl)cnc3s2)c1F. The number of halogens is 6. The molecule has 0 radical (unpaired) electrons. The van der Waals surface area contributed by atoms with Gasteiger partial charge < -0.3 is 25.1 Å². The first-order valence-corrected chi connectivity index (χ1v) is 18.4. The first-order valence-electron chi connectivity index (χ1n) is 16.0. The molecule has 2 atom stereocenters. The third kappa shape index (κ3) is 9.30. The Labute approximate surface area is 332 Å². The van der Waals surface area contributed by atoms with Crippen molar-refractivity contribution < 1.29 is 41.7 Å². The van der Waals surface area contributed by atoms with Crippen molar-refractivity contribution in [2.75, 3.05) is 13.2 Å². The smallest absolute Gasteiger partial charge is 0.254 e. The molecule has 1 amide bonds. The lowest BCUT2D eigenvalue weighted by molar-refractivity contribution is 0.0386. The van der Waals surface area contributed by atoms with Gasteiger partial charge in [-0.3, -0.25) is 4.79 Å². The molecule has 56 heavy (non-hydrogen) atoms. The molecule has 3 aromatic carbocycles. The maximum atomic E-state index is 14.6. The minimum absolute atomic E-state index is 0.0428. The fourth-order valence-electron chi connectivity index (χ4n) is 4.97. The molecule has 0 saturated carbocycles. The van der Waals surface area contributed by atoms with E-state index in [1.54, 1.807) is 12.1 Å². The number of rotatable bonds is 12. The highest BCUT2D eigenvalue weighted by molar-refractivity contribution is 7.18. The Morgan fingerprint density at radius 2 is 1.38 bits per heavy atom. The number of pyridine rings is 2. The number of nitrogens with two attached hydrogens (primary N) is 1. The molecule has 7 aromatic rings. The number of thiazole rings is 2. The number of aliphatic hydroxyl groups excluding tert-OH is 1. The lowest BCUT2D eigenvalue weighted by atomic mass is 10.1. The number of carbonyl (C=O) groups is 1. The van der Waals surface area contributed by atoms with Gasteiger partial charge in [-0.2, -0.15) is 5.26 Å². The second-order valence-corrected chi connectivity index (χ2v) is 14.3. The standard InChI is InChI=1S/C22H14ClF2N3O2S.C15H10ClF2N3O3S/c23-14-8-17-21(27-10-14)31-22(28-17)19(12-29-11-13-4-2-1-3-5-13)30-18-7-6-16(24)15(9-26)20(18)25;16-6-3-8-14(20-4-6)25-15(21-8)10(5-22)24-9-2-1-7(17)11(12(9)18)13(19)23/h1-8,10,19H,11-12H2;1-4,10,22H,5H2,(H2,19,23)/t19-;10-/m11/s1. The number of carbonyl (C=O) groups excluding carboxylic acids is 1. The highest BCUT2D eigenvalue weighted by atomic mass is 35.5. The summed E-state index contributed by atoms with van der Waals surface area (Å²) in [6.45, 7) is -0.178. The predicted molar refractivity (Wildman–Crippen MR) is 201 cm³/mol. The van der Waals surface area contributed by atoms with Crippen LogP contribution in [0.3, 0.4) is 0 Å². The van der Waals surface area contributed by atoms with Crippen molar-refractivity contribution >= 4 is 72.5 Å². The van der Waals surface area contributed by atoms with E-state index in [0.717, 1.165) is 41.2 Å². The minimum atomic E-state index is -1.26. The largest absolute Gasteiger partial charge is 0.478 e. The molecule has 0 saturated heterocycles. The summed E-state index contributed by atoms with van der Waals surface area (Å²) in [6, 6.07) is 18.3. The Kier molecular flexibility index (Phi) is 12.9. The Morgan fingerprint density at radius 1 is 0.821 bits per heavy atom. The number of hydrogen-bond acceptors (Lipinski definition) is 12. The molecular weight excluding hydrogens is 819 g/mol.